The second-order valence-electron chi connectivity index (χ2n) is 6.23. The van der Waals surface area contributed by atoms with Crippen molar-refractivity contribution >= 4 is 17.7 Å². The minimum Gasteiger partial charge on any atom is -0.315 e. The Labute approximate surface area is 164 Å². The molecule has 0 spiro atoms. The van der Waals surface area contributed by atoms with Gasteiger partial charge in [0.25, 0.3) is 11.5 Å². The lowest BCUT2D eigenvalue weighted by Crippen LogP contribution is -2.23. The minimum atomic E-state index is -0.909. The molecule has 0 aliphatic carbocycles. The molecule has 3 rings (SSSR count). The van der Waals surface area contributed by atoms with Gasteiger partial charge < -0.3 is 5.32 Å². The van der Waals surface area contributed by atoms with Crippen molar-refractivity contribution in [2.75, 3.05) is 5.32 Å². The Balaban J connectivity index is 1.97. The van der Waals surface area contributed by atoms with Gasteiger partial charge in [-0.3, -0.25) is 14.3 Å². The summed E-state index contributed by atoms with van der Waals surface area (Å²) in [6.45, 7) is 1.64. The Morgan fingerprint density at radius 3 is 2.48 bits per heavy atom. The summed E-state index contributed by atoms with van der Waals surface area (Å²) in [6.07, 6.45) is 0.998. The van der Waals surface area contributed by atoms with Crippen LogP contribution in [-0.4, -0.2) is 15.3 Å². The van der Waals surface area contributed by atoms with Crippen LogP contribution in [0, 0.1) is 29.9 Å². The van der Waals surface area contributed by atoms with Crippen LogP contribution >= 0.6 is 0 Å². The van der Waals surface area contributed by atoms with Gasteiger partial charge in [0, 0.05) is 18.7 Å². The van der Waals surface area contributed by atoms with Gasteiger partial charge in [0.15, 0.2) is 0 Å². The van der Waals surface area contributed by atoms with E-state index in [0.717, 1.165) is 18.2 Å². The van der Waals surface area contributed by atoms with E-state index in [1.54, 1.807) is 49.0 Å². The SMILES string of the molecule is Cc1c(NC(=O)/C(C#N)=C/c2ccc(F)cc2F)c(=O)n(-c2ccccc2)n1C. The Kier molecular flexibility index (Phi) is 5.41. The van der Waals surface area contributed by atoms with Crippen LogP contribution in [0.15, 0.2) is 58.9 Å². The monoisotopic (exact) mass is 394 g/mol. The molecule has 0 radical (unpaired) electrons. The van der Waals surface area contributed by atoms with Crippen LogP contribution < -0.4 is 10.9 Å². The van der Waals surface area contributed by atoms with Crippen LogP contribution in [0.4, 0.5) is 14.5 Å². The van der Waals surface area contributed by atoms with Crippen molar-refractivity contribution in [2.24, 2.45) is 7.05 Å². The molecule has 0 atom stereocenters. The van der Waals surface area contributed by atoms with E-state index in [9.17, 15) is 23.6 Å². The minimum absolute atomic E-state index is 0.00193. The van der Waals surface area contributed by atoms with E-state index in [1.807, 2.05) is 6.07 Å². The molecule has 2 aromatic carbocycles. The van der Waals surface area contributed by atoms with Crippen molar-refractivity contribution in [2.45, 2.75) is 6.92 Å². The number of hydrogen-bond donors (Lipinski definition) is 1. The number of carbonyl (C=O) groups is 1. The smallest absolute Gasteiger partial charge is 0.295 e. The van der Waals surface area contributed by atoms with Crippen molar-refractivity contribution in [3.8, 4) is 11.8 Å². The van der Waals surface area contributed by atoms with Crippen LogP contribution in [0.25, 0.3) is 11.8 Å². The fourth-order valence-corrected chi connectivity index (χ4v) is 2.82. The van der Waals surface area contributed by atoms with E-state index < -0.39 is 28.7 Å². The van der Waals surface area contributed by atoms with Gasteiger partial charge in [-0.15, -0.1) is 0 Å². The number of hydrogen-bond acceptors (Lipinski definition) is 3. The van der Waals surface area contributed by atoms with Gasteiger partial charge in [-0.2, -0.15) is 5.26 Å². The molecule has 1 N–H and O–H groups in total. The molecule has 0 aliphatic rings. The number of nitriles is 1. The number of benzene rings is 2. The molecule has 1 heterocycles. The normalized spacial score (nSPS) is 11.2. The largest absolute Gasteiger partial charge is 0.315 e. The van der Waals surface area contributed by atoms with Crippen LogP contribution in [0.3, 0.4) is 0 Å². The maximum Gasteiger partial charge on any atom is 0.295 e. The predicted octanol–water partition coefficient (Wildman–Crippen LogP) is 3.31. The highest BCUT2D eigenvalue weighted by atomic mass is 19.1. The van der Waals surface area contributed by atoms with Gasteiger partial charge in [-0.1, -0.05) is 18.2 Å². The molecule has 0 saturated heterocycles. The Bertz CT molecular complexity index is 1220. The molecule has 1 aromatic heterocycles. The van der Waals surface area contributed by atoms with Gasteiger partial charge in [0.2, 0.25) is 0 Å². The Hall–Kier alpha value is -3.99. The molecule has 0 bridgehead atoms. The van der Waals surface area contributed by atoms with E-state index in [4.69, 9.17) is 0 Å². The summed E-state index contributed by atoms with van der Waals surface area (Å²) in [5, 5.41) is 11.7. The van der Waals surface area contributed by atoms with Gasteiger partial charge in [-0.05, 0) is 37.3 Å². The zero-order valence-corrected chi connectivity index (χ0v) is 15.6. The van der Waals surface area contributed by atoms with E-state index in [2.05, 4.69) is 5.32 Å². The summed E-state index contributed by atoms with van der Waals surface area (Å²) in [5.74, 6) is -2.56. The van der Waals surface area contributed by atoms with E-state index in [-0.39, 0.29) is 11.3 Å². The molecule has 1 amide bonds. The number of para-hydroxylation sites is 1. The summed E-state index contributed by atoms with van der Waals surface area (Å²) < 4.78 is 29.8. The zero-order chi connectivity index (χ0) is 21.1. The molecular weight excluding hydrogens is 378 g/mol. The average Bonchev–Trinajstić information content (AvgIpc) is 2.91. The first kappa shape index (κ1) is 19.8. The highest BCUT2D eigenvalue weighted by molar-refractivity contribution is 6.09. The van der Waals surface area contributed by atoms with Crippen LogP contribution in [0.5, 0.6) is 0 Å². The third-order valence-electron chi connectivity index (χ3n) is 4.42. The van der Waals surface area contributed by atoms with Crippen LogP contribution in [0.1, 0.15) is 11.3 Å². The number of halogens is 2. The van der Waals surface area contributed by atoms with E-state index in [1.165, 1.54) is 4.68 Å². The van der Waals surface area contributed by atoms with Crippen molar-refractivity contribution in [3.63, 3.8) is 0 Å². The van der Waals surface area contributed by atoms with Crippen LogP contribution in [-0.2, 0) is 11.8 Å². The van der Waals surface area contributed by atoms with Gasteiger partial charge >= 0.3 is 0 Å². The molecule has 146 valence electrons. The number of anilines is 1. The maximum absolute atomic E-state index is 13.8. The topological polar surface area (TPSA) is 79.8 Å². The first-order valence-corrected chi connectivity index (χ1v) is 8.55. The van der Waals surface area contributed by atoms with Crippen LogP contribution in [0.2, 0.25) is 0 Å². The molecule has 29 heavy (non-hydrogen) atoms. The van der Waals surface area contributed by atoms with Gasteiger partial charge in [0.05, 0.1) is 11.4 Å². The molecule has 6 nitrogen and oxygen atoms in total. The summed E-state index contributed by atoms with van der Waals surface area (Å²) in [5.41, 5.74) is 0.0522. The molecule has 0 unspecified atom stereocenters. The highest BCUT2D eigenvalue weighted by Crippen LogP contribution is 2.17. The van der Waals surface area contributed by atoms with E-state index >= 15 is 0 Å². The Morgan fingerprint density at radius 1 is 1.17 bits per heavy atom. The zero-order valence-electron chi connectivity index (χ0n) is 15.6. The van der Waals surface area contributed by atoms with Gasteiger partial charge in [-0.25, -0.2) is 13.5 Å². The molecular formula is C21H16F2N4O2. The van der Waals surface area contributed by atoms with E-state index in [0.29, 0.717) is 17.4 Å². The Morgan fingerprint density at radius 2 is 1.86 bits per heavy atom. The maximum atomic E-state index is 13.8. The predicted molar refractivity (Wildman–Crippen MR) is 104 cm³/mol. The van der Waals surface area contributed by atoms with Crippen molar-refractivity contribution in [1.29, 1.82) is 5.26 Å². The highest BCUT2D eigenvalue weighted by Gasteiger charge is 2.20. The number of nitrogens with zero attached hydrogens (tertiary/aromatic N) is 3. The second kappa shape index (κ2) is 7.94. The quantitative estimate of drug-likeness (QED) is 0.545. The molecule has 0 saturated carbocycles. The summed E-state index contributed by atoms with van der Waals surface area (Å²) in [4.78, 5) is 25.4. The molecule has 3 aromatic rings. The number of nitrogens with one attached hydrogen (secondary N) is 1. The first-order valence-electron chi connectivity index (χ1n) is 8.55. The number of carbonyl (C=O) groups excluding carboxylic acids is 1. The summed E-state index contributed by atoms with van der Waals surface area (Å²) >= 11 is 0. The lowest BCUT2D eigenvalue weighted by atomic mass is 10.1. The standard InChI is InChI=1S/C21H16F2N4O2/c1-13-19(21(29)27(26(13)2)17-6-4-3-5-7-17)25-20(28)15(12-24)10-14-8-9-16(22)11-18(14)23/h3-11H,1-2H3,(H,25,28)/b15-10+. The summed E-state index contributed by atoms with van der Waals surface area (Å²) in [6, 6.07) is 13.3. The third kappa shape index (κ3) is 3.84. The fraction of sp³-hybridized carbons (Fsp3) is 0.0952. The first-order chi connectivity index (χ1) is 13.8. The van der Waals surface area contributed by atoms with Crippen molar-refractivity contribution in [1.82, 2.24) is 9.36 Å². The van der Waals surface area contributed by atoms with Crippen molar-refractivity contribution in [3.05, 3.63) is 87.3 Å². The number of aromatic nitrogens is 2. The molecule has 0 fully saturated rings. The number of rotatable bonds is 4. The molecule has 8 heteroatoms. The average molecular weight is 394 g/mol. The van der Waals surface area contributed by atoms with Crippen molar-refractivity contribution < 1.29 is 13.6 Å². The number of amides is 1. The van der Waals surface area contributed by atoms with Gasteiger partial charge in [0.1, 0.15) is 29.0 Å². The molecule has 0 aliphatic heterocycles. The lowest BCUT2D eigenvalue weighted by molar-refractivity contribution is -0.112. The fourth-order valence-electron chi connectivity index (χ4n) is 2.82. The second-order valence-corrected chi connectivity index (χ2v) is 6.23. The summed E-state index contributed by atoms with van der Waals surface area (Å²) in [7, 11) is 1.66. The third-order valence-corrected chi connectivity index (χ3v) is 4.42. The lowest BCUT2D eigenvalue weighted by Gasteiger charge is -2.07.